The van der Waals surface area contributed by atoms with Crippen LogP contribution in [0.4, 0.5) is 5.00 Å². The molecule has 0 unspecified atom stereocenters. The lowest BCUT2D eigenvalue weighted by Crippen LogP contribution is -2.12. The highest BCUT2D eigenvalue weighted by Crippen LogP contribution is 2.39. The molecule has 1 aliphatic carbocycles. The Morgan fingerprint density at radius 3 is 3.14 bits per heavy atom. The molecule has 8 heteroatoms. The fourth-order valence-corrected chi connectivity index (χ4v) is 5.15. The van der Waals surface area contributed by atoms with E-state index in [4.69, 9.17) is 4.42 Å². The molecule has 1 N–H and O–H groups in total. The third-order valence-electron chi connectivity index (χ3n) is 5.27. The first kappa shape index (κ1) is 17.6. The van der Waals surface area contributed by atoms with Crippen molar-refractivity contribution in [1.29, 1.82) is 5.26 Å². The maximum atomic E-state index is 13.0. The molecule has 0 spiro atoms. The molecule has 0 aliphatic heterocycles. The maximum absolute atomic E-state index is 13.0. The zero-order chi connectivity index (χ0) is 20.0. The van der Waals surface area contributed by atoms with Crippen molar-refractivity contribution in [2.45, 2.75) is 26.2 Å². The largest absolute Gasteiger partial charge is 0.463 e. The second-order valence-corrected chi connectivity index (χ2v) is 8.33. The molecule has 4 aromatic heterocycles. The average Bonchev–Trinajstić information content (AvgIpc) is 3.45. The molecular weight excluding hydrogens is 386 g/mol. The van der Waals surface area contributed by atoms with Gasteiger partial charge in [0, 0.05) is 11.1 Å². The fraction of sp³-hybridized carbons (Fsp3) is 0.238. The molecule has 1 atom stereocenters. The van der Waals surface area contributed by atoms with Crippen LogP contribution in [0.3, 0.4) is 0 Å². The van der Waals surface area contributed by atoms with Gasteiger partial charge in [0.2, 0.25) is 0 Å². The number of carbonyl (C=O) groups is 1. The van der Waals surface area contributed by atoms with E-state index in [-0.39, 0.29) is 5.91 Å². The van der Waals surface area contributed by atoms with Gasteiger partial charge >= 0.3 is 0 Å². The van der Waals surface area contributed by atoms with Gasteiger partial charge in [-0.3, -0.25) is 4.79 Å². The van der Waals surface area contributed by atoms with Crippen molar-refractivity contribution in [2.75, 3.05) is 5.32 Å². The summed E-state index contributed by atoms with van der Waals surface area (Å²) in [5, 5.41) is 17.5. The van der Waals surface area contributed by atoms with E-state index in [1.54, 1.807) is 29.1 Å². The van der Waals surface area contributed by atoms with Gasteiger partial charge in [0.25, 0.3) is 5.91 Å². The average molecular weight is 403 g/mol. The smallest absolute Gasteiger partial charge is 0.261 e. The standard InChI is InChI=1S/C21H17N5O2S/c1-12-4-5-13-14(10-22)21(29-18(13)9-12)25-20(27)15-11-24-26-16(6-7-23-19(15)26)17-3-2-8-28-17/h2-3,6-8,11-12H,4-5,9H2,1H3,(H,25,27)/t12-/m0/s1. The first-order chi connectivity index (χ1) is 14.2. The highest BCUT2D eigenvalue weighted by atomic mass is 32.1. The van der Waals surface area contributed by atoms with Crippen molar-refractivity contribution in [3.8, 4) is 17.5 Å². The van der Waals surface area contributed by atoms with Crippen molar-refractivity contribution >= 4 is 27.9 Å². The van der Waals surface area contributed by atoms with Crippen molar-refractivity contribution in [3.05, 3.63) is 58.4 Å². The van der Waals surface area contributed by atoms with Gasteiger partial charge < -0.3 is 9.73 Å². The summed E-state index contributed by atoms with van der Waals surface area (Å²) < 4.78 is 7.04. The predicted molar refractivity (Wildman–Crippen MR) is 109 cm³/mol. The van der Waals surface area contributed by atoms with E-state index in [0.717, 1.165) is 24.8 Å². The summed E-state index contributed by atoms with van der Waals surface area (Å²) >= 11 is 1.51. The molecule has 144 valence electrons. The molecule has 0 saturated heterocycles. The van der Waals surface area contributed by atoms with E-state index in [0.29, 0.717) is 39.1 Å². The van der Waals surface area contributed by atoms with E-state index in [1.807, 2.05) is 6.07 Å². The number of amides is 1. The van der Waals surface area contributed by atoms with Crippen LogP contribution in [0.5, 0.6) is 0 Å². The monoisotopic (exact) mass is 403 g/mol. The van der Waals surface area contributed by atoms with Gasteiger partial charge in [-0.1, -0.05) is 6.92 Å². The molecule has 7 nitrogen and oxygen atoms in total. The van der Waals surface area contributed by atoms with Crippen molar-refractivity contribution < 1.29 is 9.21 Å². The second-order valence-electron chi connectivity index (χ2n) is 7.22. The van der Waals surface area contributed by atoms with E-state index in [1.165, 1.54) is 22.4 Å². The van der Waals surface area contributed by atoms with Crippen molar-refractivity contribution in [2.24, 2.45) is 5.92 Å². The number of rotatable bonds is 3. The fourth-order valence-electron chi connectivity index (χ4n) is 3.79. The van der Waals surface area contributed by atoms with Crippen LogP contribution in [-0.4, -0.2) is 20.5 Å². The molecule has 0 saturated carbocycles. The molecule has 1 aliphatic rings. The number of furan rings is 1. The van der Waals surface area contributed by atoms with Gasteiger partial charge in [0.15, 0.2) is 11.4 Å². The Bertz CT molecular complexity index is 1260. The number of hydrogen-bond acceptors (Lipinski definition) is 6. The van der Waals surface area contributed by atoms with Crippen LogP contribution >= 0.6 is 11.3 Å². The van der Waals surface area contributed by atoms with Gasteiger partial charge in [-0.15, -0.1) is 11.3 Å². The molecule has 0 radical (unpaired) electrons. The predicted octanol–water partition coefficient (Wildman–Crippen LogP) is 4.30. The Morgan fingerprint density at radius 2 is 2.34 bits per heavy atom. The molecule has 4 aromatic rings. The Labute approximate surface area is 170 Å². The number of nitrogens with one attached hydrogen (secondary N) is 1. The molecule has 29 heavy (non-hydrogen) atoms. The van der Waals surface area contributed by atoms with Gasteiger partial charge in [0.1, 0.15) is 22.3 Å². The number of thiophene rings is 1. The summed E-state index contributed by atoms with van der Waals surface area (Å²) in [6.45, 7) is 2.22. The first-order valence-corrected chi connectivity index (χ1v) is 10.2. The lowest BCUT2D eigenvalue weighted by atomic mass is 9.88. The van der Waals surface area contributed by atoms with E-state index in [2.05, 4.69) is 28.4 Å². The Hall–Kier alpha value is -3.44. The second kappa shape index (κ2) is 6.87. The molecule has 0 aromatic carbocycles. The number of fused-ring (bicyclic) bond motifs is 2. The number of anilines is 1. The van der Waals surface area contributed by atoms with Gasteiger partial charge in [-0.2, -0.15) is 10.4 Å². The molecule has 5 rings (SSSR count). The summed E-state index contributed by atoms with van der Waals surface area (Å²) in [5.41, 5.74) is 3.17. The van der Waals surface area contributed by atoms with Crippen molar-refractivity contribution in [1.82, 2.24) is 14.6 Å². The molecular formula is C21H17N5O2S. The number of nitrogens with zero attached hydrogens (tertiary/aromatic N) is 4. The Morgan fingerprint density at radius 1 is 1.45 bits per heavy atom. The first-order valence-electron chi connectivity index (χ1n) is 9.38. The minimum atomic E-state index is -0.327. The zero-order valence-electron chi connectivity index (χ0n) is 15.7. The van der Waals surface area contributed by atoms with E-state index in [9.17, 15) is 10.1 Å². The number of nitriles is 1. The minimum Gasteiger partial charge on any atom is -0.463 e. The number of hydrogen-bond donors (Lipinski definition) is 1. The summed E-state index contributed by atoms with van der Waals surface area (Å²) in [6, 6.07) is 7.68. The number of carbonyl (C=O) groups excluding carboxylic acids is 1. The third-order valence-corrected chi connectivity index (χ3v) is 6.44. The molecule has 0 bridgehead atoms. The van der Waals surface area contributed by atoms with E-state index < -0.39 is 0 Å². The maximum Gasteiger partial charge on any atom is 0.261 e. The molecule has 0 fully saturated rings. The van der Waals surface area contributed by atoms with Crippen molar-refractivity contribution in [3.63, 3.8) is 0 Å². The summed E-state index contributed by atoms with van der Waals surface area (Å²) in [7, 11) is 0. The van der Waals surface area contributed by atoms with Crippen LogP contribution < -0.4 is 5.32 Å². The number of aromatic nitrogens is 3. The van der Waals surface area contributed by atoms with Gasteiger partial charge in [-0.05, 0) is 48.9 Å². The van der Waals surface area contributed by atoms with Crippen LogP contribution in [-0.2, 0) is 12.8 Å². The van der Waals surface area contributed by atoms with Gasteiger partial charge in [0.05, 0.1) is 18.0 Å². The lowest BCUT2D eigenvalue weighted by Gasteiger charge is -2.17. The Kier molecular flexibility index (Phi) is 4.18. The SMILES string of the molecule is C[C@H]1CCc2c(sc(NC(=O)c3cnn4c(-c5ccco5)ccnc34)c2C#N)C1. The minimum absolute atomic E-state index is 0.327. The van der Waals surface area contributed by atoms with Gasteiger partial charge in [-0.25, -0.2) is 9.50 Å². The lowest BCUT2D eigenvalue weighted by molar-refractivity contribution is 0.102. The topological polar surface area (TPSA) is 96.2 Å². The highest BCUT2D eigenvalue weighted by molar-refractivity contribution is 7.16. The van der Waals surface area contributed by atoms with Crippen LogP contribution in [0.15, 0.2) is 41.3 Å². The normalized spacial score (nSPS) is 15.8. The summed E-state index contributed by atoms with van der Waals surface area (Å²) in [5.74, 6) is 0.909. The third kappa shape index (κ3) is 2.91. The summed E-state index contributed by atoms with van der Waals surface area (Å²) in [4.78, 5) is 18.5. The quantitative estimate of drug-likeness (QED) is 0.550. The van der Waals surface area contributed by atoms with Crippen LogP contribution in [0.1, 0.15) is 39.7 Å². The highest BCUT2D eigenvalue weighted by Gasteiger charge is 2.26. The summed E-state index contributed by atoms with van der Waals surface area (Å²) in [6.07, 6.45) is 7.61. The molecule has 1 amide bonds. The Balaban J connectivity index is 1.51. The van der Waals surface area contributed by atoms with E-state index >= 15 is 0 Å². The van der Waals surface area contributed by atoms with Crippen LogP contribution in [0.25, 0.3) is 17.1 Å². The molecule has 4 heterocycles. The zero-order valence-corrected chi connectivity index (χ0v) is 16.5. The van der Waals surface area contributed by atoms with Crippen LogP contribution in [0.2, 0.25) is 0 Å². The van der Waals surface area contributed by atoms with Crippen LogP contribution in [0, 0.1) is 17.2 Å².